The summed E-state index contributed by atoms with van der Waals surface area (Å²) >= 11 is -2.70. The predicted octanol–water partition coefficient (Wildman–Crippen LogP) is -2.32. The molecule has 1 unspecified atom stereocenters. The first-order valence-corrected chi connectivity index (χ1v) is 4.10. The minimum Gasteiger partial charge on any atom is -0.767 e. The molecule has 14 heavy (non-hydrogen) atoms. The van der Waals surface area contributed by atoms with Crippen molar-refractivity contribution in [2.75, 3.05) is 0 Å². The summed E-state index contributed by atoms with van der Waals surface area (Å²) in [7, 11) is 1.13. The number of aromatic nitrogens is 2. The van der Waals surface area contributed by atoms with Gasteiger partial charge in [-0.3, -0.25) is 8.89 Å². The monoisotopic (exact) mass is 220 g/mol. The molecule has 0 aliphatic heterocycles. The number of rotatable bonds is 1. The third kappa shape index (κ3) is 2.85. The fraction of sp³-hybridized carbons (Fsp3) is 0.400. The van der Waals surface area contributed by atoms with E-state index in [2.05, 4.69) is 5.10 Å². The third-order valence-electron chi connectivity index (χ3n) is 1.30. The summed E-state index contributed by atoms with van der Waals surface area (Å²) in [6, 6.07) is 0.475. The summed E-state index contributed by atoms with van der Waals surface area (Å²) < 4.78 is 57.2. The Morgan fingerprint density at radius 1 is 1.57 bits per heavy atom. The Kier molecular flexibility index (Phi) is 4.39. The molecule has 0 saturated carbocycles. The van der Waals surface area contributed by atoms with Gasteiger partial charge in [-0.2, -0.15) is 18.3 Å². The fourth-order valence-corrected chi connectivity index (χ4v) is 1.21. The van der Waals surface area contributed by atoms with Gasteiger partial charge < -0.3 is 4.55 Å². The molecule has 0 amide bonds. The molecule has 9 heteroatoms. The molecule has 0 spiro atoms. The largest absolute Gasteiger partial charge is 1.00 e. The molecule has 0 aliphatic carbocycles. The van der Waals surface area contributed by atoms with Crippen LogP contribution in [-0.2, 0) is 24.3 Å². The molecular weight excluding hydrogens is 216 g/mol. The van der Waals surface area contributed by atoms with Crippen molar-refractivity contribution in [3.05, 3.63) is 11.8 Å². The van der Waals surface area contributed by atoms with Crippen molar-refractivity contribution in [3.63, 3.8) is 0 Å². The van der Waals surface area contributed by atoms with Crippen molar-refractivity contribution in [2.45, 2.75) is 11.2 Å². The molecule has 1 rings (SSSR count). The molecule has 0 bridgehead atoms. The maximum Gasteiger partial charge on any atom is 1.00 e. The standard InChI is InChI=1S/C5H5F3N2O2S.Li/c1-10-4(13(11)12)2-3(9-10)5(6,7)8;/h2H,1H3,(H,11,12);/q;+1/p-1. The molecular formula is C5H4F3LiN2O2S. The van der Waals surface area contributed by atoms with Gasteiger partial charge in [0.05, 0.1) is 0 Å². The van der Waals surface area contributed by atoms with Gasteiger partial charge in [0.1, 0.15) is 5.03 Å². The van der Waals surface area contributed by atoms with Gasteiger partial charge in [-0.05, 0) is 11.1 Å². The summed E-state index contributed by atoms with van der Waals surface area (Å²) in [6.45, 7) is 0. The van der Waals surface area contributed by atoms with Gasteiger partial charge in [0.25, 0.3) is 0 Å². The molecule has 1 heterocycles. The van der Waals surface area contributed by atoms with E-state index in [0.717, 1.165) is 7.05 Å². The van der Waals surface area contributed by atoms with Crippen LogP contribution in [0.25, 0.3) is 0 Å². The second-order valence-corrected chi connectivity index (χ2v) is 3.11. The predicted molar refractivity (Wildman–Crippen MR) is 35.4 cm³/mol. The molecule has 1 aromatic rings. The van der Waals surface area contributed by atoms with Crippen molar-refractivity contribution >= 4 is 11.1 Å². The van der Waals surface area contributed by atoms with Crippen molar-refractivity contribution in [2.24, 2.45) is 7.05 Å². The van der Waals surface area contributed by atoms with E-state index in [1.165, 1.54) is 0 Å². The minimum atomic E-state index is -4.62. The Morgan fingerprint density at radius 2 is 2.07 bits per heavy atom. The van der Waals surface area contributed by atoms with Crippen molar-refractivity contribution in [1.29, 1.82) is 0 Å². The van der Waals surface area contributed by atoms with Gasteiger partial charge in [0, 0.05) is 13.1 Å². The maximum absolute atomic E-state index is 12.0. The minimum absolute atomic E-state index is 0. The van der Waals surface area contributed by atoms with Crippen LogP contribution in [0.5, 0.6) is 0 Å². The summed E-state index contributed by atoms with van der Waals surface area (Å²) in [6.07, 6.45) is -4.62. The summed E-state index contributed by atoms with van der Waals surface area (Å²) in [5.41, 5.74) is -1.21. The maximum atomic E-state index is 12.0. The Morgan fingerprint density at radius 3 is 2.29 bits per heavy atom. The molecule has 0 radical (unpaired) electrons. The van der Waals surface area contributed by atoms with Crippen molar-refractivity contribution in [1.82, 2.24) is 9.78 Å². The van der Waals surface area contributed by atoms with Crippen LogP contribution in [0.15, 0.2) is 11.1 Å². The van der Waals surface area contributed by atoms with Crippen LogP contribution in [-0.4, -0.2) is 18.5 Å². The van der Waals surface area contributed by atoms with Crippen molar-refractivity contribution < 1.29 is 40.8 Å². The summed E-state index contributed by atoms with van der Waals surface area (Å²) in [4.78, 5) is 0. The van der Waals surface area contributed by atoms with Crippen LogP contribution in [0.3, 0.4) is 0 Å². The van der Waals surface area contributed by atoms with Crippen LogP contribution in [0.1, 0.15) is 5.69 Å². The van der Waals surface area contributed by atoms with Crippen LogP contribution >= 0.6 is 0 Å². The Bertz CT molecular complexity index is 351. The zero-order valence-electron chi connectivity index (χ0n) is 7.33. The van der Waals surface area contributed by atoms with Gasteiger partial charge >= 0.3 is 25.0 Å². The molecule has 74 valence electrons. The number of aryl methyl sites for hydroxylation is 1. The van der Waals surface area contributed by atoms with E-state index in [1.807, 2.05) is 0 Å². The zero-order valence-corrected chi connectivity index (χ0v) is 8.15. The van der Waals surface area contributed by atoms with Gasteiger partial charge in [-0.1, -0.05) is 0 Å². The van der Waals surface area contributed by atoms with Crippen molar-refractivity contribution in [3.8, 4) is 0 Å². The second kappa shape index (κ2) is 4.48. The average molecular weight is 220 g/mol. The molecule has 0 aliphatic rings. The second-order valence-electron chi connectivity index (χ2n) is 2.22. The van der Waals surface area contributed by atoms with Gasteiger partial charge in [0.2, 0.25) is 0 Å². The average Bonchev–Trinajstić information content (AvgIpc) is 2.29. The van der Waals surface area contributed by atoms with E-state index in [9.17, 15) is 21.9 Å². The van der Waals surface area contributed by atoms with E-state index < -0.39 is 28.0 Å². The molecule has 0 fully saturated rings. The van der Waals surface area contributed by atoms with Crippen LogP contribution < -0.4 is 18.9 Å². The van der Waals surface area contributed by atoms with E-state index in [1.54, 1.807) is 0 Å². The summed E-state index contributed by atoms with van der Waals surface area (Å²) in [5.74, 6) is 0. The van der Waals surface area contributed by atoms with Crippen LogP contribution in [0.2, 0.25) is 0 Å². The number of halogens is 3. The van der Waals surface area contributed by atoms with Gasteiger partial charge in [-0.25, -0.2) is 0 Å². The first kappa shape index (κ1) is 13.7. The van der Waals surface area contributed by atoms with E-state index in [-0.39, 0.29) is 18.9 Å². The normalized spacial score (nSPS) is 13.5. The van der Waals surface area contributed by atoms with E-state index in [0.29, 0.717) is 10.7 Å². The number of nitrogens with zero attached hydrogens (tertiary/aromatic N) is 2. The van der Waals surface area contributed by atoms with Crippen LogP contribution in [0, 0.1) is 0 Å². The van der Waals surface area contributed by atoms with Crippen LogP contribution in [0.4, 0.5) is 13.2 Å². The van der Waals surface area contributed by atoms with Gasteiger partial charge in [0.15, 0.2) is 5.69 Å². The van der Waals surface area contributed by atoms with Gasteiger partial charge in [-0.15, -0.1) is 0 Å². The molecule has 1 atom stereocenters. The summed E-state index contributed by atoms with van der Waals surface area (Å²) in [5, 5.41) is 2.51. The first-order chi connectivity index (χ1) is 5.82. The Hall–Kier alpha value is -0.293. The van der Waals surface area contributed by atoms with E-state index >= 15 is 0 Å². The fourth-order valence-electron chi connectivity index (χ4n) is 0.745. The number of hydrogen-bond acceptors (Lipinski definition) is 3. The molecule has 1 aromatic heterocycles. The molecule has 0 saturated heterocycles. The Balaban J connectivity index is 0.00000169. The number of alkyl halides is 3. The molecule has 0 aromatic carbocycles. The Labute approximate surface area is 91.9 Å². The van der Waals surface area contributed by atoms with E-state index in [4.69, 9.17) is 0 Å². The SMILES string of the molecule is Cn1nc(C(F)(F)F)cc1S(=O)[O-].[Li+]. The topological polar surface area (TPSA) is 58.0 Å². The molecule has 0 N–H and O–H groups in total. The third-order valence-corrected chi connectivity index (χ3v) is 2.02. The number of hydrogen-bond donors (Lipinski definition) is 0. The first-order valence-electron chi connectivity index (χ1n) is 3.03. The molecule has 4 nitrogen and oxygen atoms in total. The smallest absolute Gasteiger partial charge is 0.767 e. The zero-order chi connectivity index (χ0) is 10.2. The quantitative estimate of drug-likeness (QED) is 0.394.